The lowest BCUT2D eigenvalue weighted by atomic mass is 9.72. The Morgan fingerprint density at radius 1 is 1.04 bits per heavy atom. The fourth-order valence-electron chi connectivity index (χ4n) is 12.2. The molecular formula is C57H76N5O7+. The zero-order valence-electron chi connectivity index (χ0n) is 40.7. The van der Waals surface area contributed by atoms with Crippen molar-refractivity contribution in [2.45, 2.75) is 133 Å². The summed E-state index contributed by atoms with van der Waals surface area (Å²) >= 11 is 0. The van der Waals surface area contributed by atoms with Crippen LogP contribution in [0, 0.1) is 35.7 Å². The van der Waals surface area contributed by atoms with E-state index in [0.717, 1.165) is 121 Å². The van der Waals surface area contributed by atoms with Crippen molar-refractivity contribution in [2.75, 3.05) is 39.9 Å². The van der Waals surface area contributed by atoms with Crippen molar-refractivity contribution in [1.82, 2.24) is 10.6 Å². The molecule has 3 aliphatic carbocycles. The number of rotatable bonds is 23. The Morgan fingerprint density at radius 3 is 2.75 bits per heavy atom. The Hall–Kier alpha value is -4.50. The number of ether oxygens (including phenoxy) is 2. The summed E-state index contributed by atoms with van der Waals surface area (Å²) in [6.07, 6.45) is 23.4. The number of aliphatic hydroxyl groups excluding tert-OH is 4. The summed E-state index contributed by atoms with van der Waals surface area (Å²) < 4.78 is 11.1. The molecule has 0 aromatic heterocycles. The van der Waals surface area contributed by atoms with E-state index in [0.29, 0.717) is 42.7 Å². The van der Waals surface area contributed by atoms with Crippen molar-refractivity contribution >= 4 is 28.6 Å². The molecule has 2 saturated carbocycles. The van der Waals surface area contributed by atoms with E-state index in [-0.39, 0.29) is 49.0 Å². The van der Waals surface area contributed by atoms with Crippen molar-refractivity contribution in [3.8, 4) is 11.5 Å². The van der Waals surface area contributed by atoms with Gasteiger partial charge in [0, 0.05) is 50.5 Å². The number of hydrogen-bond donors (Lipinski definition) is 8. The van der Waals surface area contributed by atoms with Crippen molar-refractivity contribution in [3.05, 3.63) is 111 Å². The standard InChI is InChI=1S/C57H75N5O7/c1-34(64)30-61-51(31-59-2)56-43-10-7-8-36(43)16-20-48-47(56)29-50(62-48)53(66)33-68-55-24-35(13-21-52(55)65)12-17-42-26-40(32-63)54(69-42)11-6-4-3-5-9-41(58)25-39-15-18-44-45(57(39)67)19-14-37-28-49-38(22-23-60-49)27-46(37)44/h13-15,18-19,21-22,24,26-29,34,36,39,41,43,51,53-54,56-57,59,61,63-64,66-67,69H,3-12,16-17,20,23,25,30-33,58H2,1-2H3/p+1. The summed E-state index contributed by atoms with van der Waals surface area (Å²) in [4.78, 5) is 9.57. The van der Waals surface area contributed by atoms with Crippen LogP contribution >= 0.6 is 0 Å². The van der Waals surface area contributed by atoms with Crippen LogP contribution in [0.2, 0.25) is 0 Å². The first-order valence-electron chi connectivity index (χ1n) is 26.0. The third kappa shape index (κ3) is 11.5. The van der Waals surface area contributed by atoms with Crippen LogP contribution in [-0.2, 0) is 6.42 Å². The first-order chi connectivity index (χ1) is 33.6. The molecule has 3 aliphatic heterocycles. The molecule has 9 rings (SSSR count). The van der Waals surface area contributed by atoms with Gasteiger partial charge in [0.25, 0.3) is 0 Å². The molecule has 3 aromatic carbocycles. The molecule has 10 atom stereocenters. The van der Waals surface area contributed by atoms with Crippen molar-refractivity contribution in [1.29, 1.82) is 0 Å². The van der Waals surface area contributed by atoms with Crippen LogP contribution in [-0.4, -0.2) is 106 Å². The number of phenolic OH excluding ortho intramolecular Hbond substituents is 1. The van der Waals surface area contributed by atoms with Gasteiger partial charge in [-0.05, 0) is 128 Å². The van der Waals surface area contributed by atoms with Crippen LogP contribution in [0.15, 0.2) is 81.9 Å². The molecule has 6 aliphatic rings. The minimum atomic E-state index is -0.963. The number of phenols is 1. The van der Waals surface area contributed by atoms with Gasteiger partial charge < -0.3 is 51.4 Å². The number of likely N-dealkylation sites (N-methyl/N-ethyl adjacent to an activating group) is 1. The lowest BCUT2D eigenvalue weighted by Gasteiger charge is -2.33. The normalized spacial score (nSPS) is 25.4. The van der Waals surface area contributed by atoms with E-state index in [9.17, 15) is 25.5 Å². The zero-order valence-corrected chi connectivity index (χ0v) is 40.7. The summed E-state index contributed by atoms with van der Waals surface area (Å²) in [6.45, 7) is 3.78. The molecule has 0 radical (unpaired) electrons. The molecule has 3 heterocycles. The summed E-state index contributed by atoms with van der Waals surface area (Å²) in [5, 5.41) is 65.5. The number of aliphatic imine (C=N–C) groups is 1. The van der Waals surface area contributed by atoms with Crippen LogP contribution in [0.5, 0.6) is 11.5 Å². The van der Waals surface area contributed by atoms with E-state index in [2.05, 4.69) is 64.2 Å². The first-order valence-corrected chi connectivity index (χ1v) is 26.0. The van der Waals surface area contributed by atoms with Gasteiger partial charge in [-0.15, -0.1) is 16.6 Å². The number of nitrogens with one attached hydrogen (secondary N) is 2. The minimum Gasteiger partial charge on any atom is -0.504 e. The Labute approximate surface area is 408 Å². The Bertz CT molecular complexity index is 2520. The molecule has 0 saturated heterocycles. The molecule has 0 amide bonds. The molecule has 0 spiro atoms. The molecule has 3 aromatic rings. The van der Waals surface area contributed by atoms with Crippen molar-refractivity contribution in [2.24, 2.45) is 39.4 Å². The monoisotopic (exact) mass is 943 g/mol. The quantitative estimate of drug-likeness (QED) is 0.0333. The van der Waals surface area contributed by atoms with Gasteiger partial charge >= 0.3 is 0 Å². The Balaban J connectivity index is 0.702. The highest BCUT2D eigenvalue weighted by Crippen LogP contribution is 2.50. The van der Waals surface area contributed by atoms with Crippen molar-refractivity contribution < 1.29 is 35.0 Å². The van der Waals surface area contributed by atoms with Crippen LogP contribution < -0.4 is 31.7 Å². The lowest BCUT2D eigenvalue weighted by Crippen LogP contribution is -2.50. The fraction of sp³-hybridized carbons (Fsp3) is 0.544. The SMILES string of the molecule is CNCC(NCC(C)O)C1[C+]2C=C(C(O)COc3cc(CC[C-]4C=C(CO)C(CCCCCCC(N)CC5C=Cc6c(ccc7cc8c(cc67)=CCN=8)C5O)[OH+]4)ccc3O)N=C2CCC2CCCC21. The van der Waals surface area contributed by atoms with Crippen molar-refractivity contribution in [3.63, 3.8) is 0 Å². The van der Waals surface area contributed by atoms with Gasteiger partial charge in [0.15, 0.2) is 17.6 Å². The van der Waals surface area contributed by atoms with Crippen LogP contribution in [0.4, 0.5) is 0 Å². The van der Waals surface area contributed by atoms with Gasteiger partial charge in [-0.25, -0.2) is 0 Å². The topological polar surface area (TPSA) is 198 Å². The molecule has 12 heteroatoms. The van der Waals surface area contributed by atoms with Crippen LogP contribution in [0.3, 0.4) is 0 Å². The number of aromatic hydroxyl groups is 1. The summed E-state index contributed by atoms with van der Waals surface area (Å²) in [6, 6.07) is 14.0. The van der Waals surface area contributed by atoms with E-state index in [1.807, 2.05) is 32.2 Å². The van der Waals surface area contributed by atoms with Gasteiger partial charge in [0.1, 0.15) is 30.4 Å². The molecular weight excluding hydrogens is 867 g/mol. The van der Waals surface area contributed by atoms with Crippen LogP contribution in [0.25, 0.3) is 22.9 Å². The number of benzene rings is 3. The molecule has 0 bridgehead atoms. The smallest absolute Gasteiger partial charge is 0.208 e. The number of hydrogen-bond acceptors (Lipinski definition) is 11. The second-order valence-electron chi connectivity index (χ2n) is 20.8. The summed E-state index contributed by atoms with van der Waals surface area (Å²) in [5.74, 6) is 2.96. The molecule has 2 fully saturated rings. The third-order valence-corrected chi connectivity index (χ3v) is 15.9. The zero-order chi connectivity index (χ0) is 48.0. The Morgan fingerprint density at radius 2 is 1.91 bits per heavy atom. The number of nitrogens with two attached hydrogens (primary N) is 1. The van der Waals surface area contributed by atoms with Gasteiger partial charge in [-0.1, -0.05) is 68.5 Å². The predicted octanol–water partition coefficient (Wildman–Crippen LogP) is 5.72. The van der Waals surface area contributed by atoms with Gasteiger partial charge in [-0.2, -0.15) is 0 Å². The number of fused-ring (bicyclic) bond motifs is 6. The molecule has 69 heavy (non-hydrogen) atoms. The number of aliphatic hydroxyl groups is 6. The lowest BCUT2D eigenvalue weighted by molar-refractivity contribution is -0.0552. The maximum Gasteiger partial charge on any atom is 0.208 e. The molecule has 10 N–H and O–H groups in total. The third-order valence-electron chi connectivity index (χ3n) is 15.9. The fourth-order valence-corrected chi connectivity index (χ4v) is 12.2. The average Bonchev–Trinajstić information content (AvgIpc) is 4.17. The Kier molecular flexibility index (Phi) is 16.3. The van der Waals surface area contributed by atoms with Gasteiger partial charge in [-0.3, -0.25) is 4.99 Å². The summed E-state index contributed by atoms with van der Waals surface area (Å²) in [5.41, 5.74) is 12.3. The van der Waals surface area contributed by atoms with E-state index in [1.165, 1.54) is 30.4 Å². The van der Waals surface area contributed by atoms with E-state index in [4.69, 9.17) is 20.2 Å². The van der Waals surface area contributed by atoms with E-state index in [1.54, 1.807) is 6.07 Å². The molecule has 10 unspecified atom stereocenters. The number of aryl methyl sites for hydroxylation is 1. The van der Waals surface area contributed by atoms with E-state index < -0.39 is 18.3 Å². The molecule has 370 valence electrons. The minimum absolute atomic E-state index is 0.00502. The first kappa shape index (κ1) is 49.5. The average molecular weight is 943 g/mol. The highest BCUT2D eigenvalue weighted by Gasteiger charge is 2.52. The number of nitrogens with zero attached hydrogens (tertiary/aromatic N) is 2. The summed E-state index contributed by atoms with van der Waals surface area (Å²) in [7, 11) is 1.97. The highest BCUT2D eigenvalue weighted by atomic mass is 16.5. The number of unbranched alkanes of at least 4 members (excludes halogenated alkanes) is 3. The van der Waals surface area contributed by atoms with Gasteiger partial charge in [0.05, 0.1) is 36.1 Å². The number of allylic oxidation sites excluding steroid dienone is 1. The largest absolute Gasteiger partial charge is 0.504 e. The van der Waals surface area contributed by atoms with Gasteiger partial charge in [0.2, 0.25) is 5.70 Å². The molecule has 12 nitrogen and oxygen atoms in total. The maximum atomic E-state index is 11.4. The second kappa shape index (κ2) is 22.7. The van der Waals surface area contributed by atoms with Crippen LogP contribution in [0.1, 0.15) is 113 Å². The van der Waals surface area contributed by atoms with E-state index >= 15 is 0 Å². The maximum absolute atomic E-state index is 11.4. The second-order valence-corrected chi connectivity index (χ2v) is 20.8. The predicted molar refractivity (Wildman–Crippen MR) is 274 cm³/mol. The highest BCUT2D eigenvalue weighted by molar-refractivity contribution is 6.03.